The summed E-state index contributed by atoms with van der Waals surface area (Å²) in [5, 5.41) is 9.65. The number of nitrogens with zero attached hydrogens (tertiary/aromatic N) is 2. The Labute approximate surface area is 178 Å². The highest BCUT2D eigenvalue weighted by molar-refractivity contribution is 5.91. The number of hydrogen-bond donors (Lipinski definition) is 3. The molecule has 1 aromatic heterocycles. The number of anilines is 1. The van der Waals surface area contributed by atoms with E-state index in [-0.39, 0.29) is 17.6 Å². The molecule has 3 amide bonds. The molecule has 0 radical (unpaired) electrons. The highest BCUT2D eigenvalue weighted by Crippen LogP contribution is 2.31. The van der Waals surface area contributed by atoms with Crippen molar-refractivity contribution in [2.24, 2.45) is 5.73 Å². The third-order valence-electron chi connectivity index (χ3n) is 5.15. The Kier molecular flexibility index (Phi) is 5.83. The Hall–Kier alpha value is -3.88. The number of urea groups is 1. The molecule has 8 nitrogen and oxygen atoms in total. The maximum atomic E-state index is 13.5. The fraction of sp³-hybridized carbons (Fsp3) is 0.227. The molecule has 1 aliphatic rings. The normalized spacial score (nSPS) is 16.0. The smallest absolute Gasteiger partial charge is 0.321 e. The van der Waals surface area contributed by atoms with Crippen molar-refractivity contribution in [1.82, 2.24) is 15.1 Å². The number of halogens is 1. The van der Waals surface area contributed by atoms with Crippen LogP contribution in [0.25, 0.3) is 0 Å². The molecule has 0 saturated carbocycles. The predicted molar refractivity (Wildman–Crippen MR) is 113 cm³/mol. The van der Waals surface area contributed by atoms with Crippen LogP contribution in [0.2, 0.25) is 0 Å². The van der Waals surface area contributed by atoms with Crippen LogP contribution in [0.1, 0.15) is 34.9 Å². The number of rotatable bonds is 5. The van der Waals surface area contributed by atoms with Crippen molar-refractivity contribution in [3.05, 3.63) is 71.8 Å². The maximum absolute atomic E-state index is 13.5. The van der Waals surface area contributed by atoms with Gasteiger partial charge < -0.3 is 20.7 Å². The zero-order valence-corrected chi connectivity index (χ0v) is 16.7. The summed E-state index contributed by atoms with van der Waals surface area (Å²) in [7, 11) is 0. The monoisotopic (exact) mass is 423 g/mol. The van der Waals surface area contributed by atoms with Gasteiger partial charge in [-0.1, -0.05) is 18.2 Å². The van der Waals surface area contributed by atoms with Crippen LogP contribution < -0.4 is 15.8 Å². The van der Waals surface area contributed by atoms with E-state index in [1.165, 1.54) is 12.1 Å². The predicted octanol–water partition coefficient (Wildman–Crippen LogP) is 3.85. The first-order chi connectivity index (χ1) is 15.0. The standard InChI is InChI=1S/C22H22FN5O3/c23-15-6-3-7-16(11-15)31-20-9-2-1-8-17(20)25-22(30)28-10-4-5-14(13-28)18-12-19(21(24)29)27-26-18/h1-3,6-9,11-12,14H,4-5,10,13H2,(H2,24,29)(H,25,30)(H,26,27)/t14-/m0/s1. The molecular formula is C22H22FN5O3. The highest BCUT2D eigenvalue weighted by atomic mass is 19.1. The third kappa shape index (κ3) is 4.82. The van der Waals surface area contributed by atoms with Crippen LogP contribution in [-0.4, -0.2) is 40.1 Å². The third-order valence-corrected chi connectivity index (χ3v) is 5.15. The zero-order chi connectivity index (χ0) is 21.8. The molecule has 2 aromatic carbocycles. The SMILES string of the molecule is NC(=O)c1cc([C@H]2CCCN(C(=O)Nc3ccccc3Oc3cccc(F)c3)C2)[nH]n1. The molecule has 3 aromatic rings. The van der Waals surface area contributed by atoms with Gasteiger partial charge in [-0.2, -0.15) is 5.10 Å². The van der Waals surface area contributed by atoms with Gasteiger partial charge in [-0.05, 0) is 43.2 Å². The molecule has 2 heterocycles. The number of nitrogens with one attached hydrogen (secondary N) is 2. The molecule has 160 valence electrons. The minimum Gasteiger partial charge on any atom is -0.455 e. The molecule has 31 heavy (non-hydrogen) atoms. The summed E-state index contributed by atoms with van der Waals surface area (Å²) in [6, 6.07) is 14.2. The molecule has 1 saturated heterocycles. The number of aromatic amines is 1. The van der Waals surface area contributed by atoms with Crippen molar-refractivity contribution in [3.8, 4) is 11.5 Å². The summed E-state index contributed by atoms with van der Waals surface area (Å²) in [6.45, 7) is 1.07. The zero-order valence-electron chi connectivity index (χ0n) is 16.7. The van der Waals surface area contributed by atoms with Crippen molar-refractivity contribution in [3.63, 3.8) is 0 Å². The number of piperidine rings is 1. The van der Waals surface area contributed by atoms with E-state index < -0.39 is 11.7 Å². The molecule has 1 atom stereocenters. The minimum absolute atomic E-state index is 0.0267. The van der Waals surface area contributed by atoms with E-state index in [0.717, 1.165) is 18.5 Å². The van der Waals surface area contributed by atoms with Gasteiger partial charge in [0.05, 0.1) is 5.69 Å². The number of amides is 3. The molecule has 1 aliphatic heterocycles. The van der Waals surface area contributed by atoms with Crippen LogP contribution in [0.15, 0.2) is 54.6 Å². The second kappa shape index (κ2) is 8.86. The number of hydrogen-bond acceptors (Lipinski definition) is 4. The molecule has 0 aliphatic carbocycles. The number of carbonyl (C=O) groups is 2. The number of primary amides is 1. The Morgan fingerprint density at radius 3 is 2.81 bits per heavy atom. The number of H-pyrrole nitrogens is 1. The van der Waals surface area contributed by atoms with Gasteiger partial charge in [0.1, 0.15) is 17.3 Å². The van der Waals surface area contributed by atoms with E-state index in [1.807, 2.05) is 0 Å². The van der Waals surface area contributed by atoms with Gasteiger partial charge in [0.2, 0.25) is 0 Å². The van der Waals surface area contributed by atoms with Gasteiger partial charge in [0, 0.05) is 30.8 Å². The number of ether oxygens (including phenoxy) is 1. The first kappa shape index (κ1) is 20.4. The molecule has 1 fully saturated rings. The molecule has 4 N–H and O–H groups in total. The molecular weight excluding hydrogens is 401 g/mol. The van der Waals surface area contributed by atoms with E-state index in [4.69, 9.17) is 10.5 Å². The van der Waals surface area contributed by atoms with Gasteiger partial charge in [0.15, 0.2) is 5.75 Å². The van der Waals surface area contributed by atoms with Crippen LogP contribution in [0.5, 0.6) is 11.5 Å². The summed E-state index contributed by atoms with van der Waals surface area (Å²) >= 11 is 0. The van der Waals surface area contributed by atoms with Crippen molar-refractivity contribution in [2.75, 3.05) is 18.4 Å². The molecule has 0 spiro atoms. The maximum Gasteiger partial charge on any atom is 0.321 e. The van der Waals surface area contributed by atoms with E-state index in [1.54, 1.807) is 47.4 Å². The highest BCUT2D eigenvalue weighted by Gasteiger charge is 2.27. The lowest BCUT2D eigenvalue weighted by atomic mass is 9.95. The number of aromatic nitrogens is 2. The molecule has 9 heteroatoms. The summed E-state index contributed by atoms with van der Waals surface area (Å²) < 4.78 is 19.2. The molecule has 4 rings (SSSR count). The molecule has 0 unspecified atom stereocenters. The molecule has 0 bridgehead atoms. The minimum atomic E-state index is -0.595. The van der Waals surface area contributed by atoms with E-state index in [9.17, 15) is 14.0 Å². The lowest BCUT2D eigenvalue weighted by Gasteiger charge is -2.32. The van der Waals surface area contributed by atoms with Crippen molar-refractivity contribution < 1.29 is 18.7 Å². The first-order valence-corrected chi connectivity index (χ1v) is 9.93. The van der Waals surface area contributed by atoms with Crippen LogP contribution >= 0.6 is 0 Å². The quantitative estimate of drug-likeness (QED) is 0.578. The van der Waals surface area contributed by atoms with Crippen molar-refractivity contribution >= 4 is 17.6 Å². The van der Waals surface area contributed by atoms with Crippen LogP contribution in [0, 0.1) is 5.82 Å². The second-order valence-corrected chi connectivity index (χ2v) is 7.34. The van der Waals surface area contributed by atoms with Gasteiger partial charge in [-0.15, -0.1) is 0 Å². The average molecular weight is 423 g/mol. The number of carbonyl (C=O) groups excluding carboxylic acids is 2. The largest absolute Gasteiger partial charge is 0.455 e. The number of likely N-dealkylation sites (tertiary alicyclic amines) is 1. The van der Waals surface area contributed by atoms with E-state index >= 15 is 0 Å². The Balaban J connectivity index is 1.45. The lowest BCUT2D eigenvalue weighted by molar-refractivity contribution is 0.0995. The fourth-order valence-corrected chi connectivity index (χ4v) is 3.60. The number of nitrogens with two attached hydrogens (primary N) is 1. The summed E-state index contributed by atoms with van der Waals surface area (Å²) in [4.78, 5) is 25.9. The van der Waals surface area contributed by atoms with Crippen molar-refractivity contribution in [2.45, 2.75) is 18.8 Å². The van der Waals surface area contributed by atoms with Crippen molar-refractivity contribution in [1.29, 1.82) is 0 Å². The van der Waals surface area contributed by atoms with E-state index in [2.05, 4.69) is 15.5 Å². The summed E-state index contributed by atoms with van der Waals surface area (Å²) in [5.41, 5.74) is 6.71. The summed E-state index contributed by atoms with van der Waals surface area (Å²) in [6.07, 6.45) is 1.67. The van der Waals surface area contributed by atoms with Gasteiger partial charge in [-0.25, -0.2) is 9.18 Å². The fourth-order valence-electron chi connectivity index (χ4n) is 3.60. The van der Waals surface area contributed by atoms with Crippen LogP contribution in [-0.2, 0) is 0 Å². The Bertz CT molecular complexity index is 1100. The first-order valence-electron chi connectivity index (χ1n) is 9.93. The Morgan fingerprint density at radius 1 is 1.19 bits per heavy atom. The lowest BCUT2D eigenvalue weighted by Crippen LogP contribution is -2.41. The van der Waals surface area contributed by atoms with Gasteiger partial charge >= 0.3 is 6.03 Å². The topological polar surface area (TPSA) is 113 Å². The van der Waals surface area contributed by atoms with Crippen LogP contribution in [0.3, 0.4) is 0 Å². The average Bonchev–Trinajstić information content (AvgIpc) is 3.26. The van der Waals surface area contributed by atoms with E-state index in [0.29, 0.717) is 30.3 Å². The van der Waals surface area contributed by atoms with Gasteiger partial charge in [-0.3, -0.25) is 9.89 Å². The van der Waals surface area contributed by atoms with Crippen LogP contribution in [0.4, 0.5) is 14.9 Å². The summed E-state index contributed by atoms with van der Waals surface area (Å²) in [5.74, 6) is -0.225. The second-order valence-electron chi connectivity index (χ2n) is 7.34. The number of benzene rings is 2. The number of para-hydroxylation sites is 2. The Morgan fingerprint density at radius 2 is 2.03 bits per heavy atom. The van der Waals surface area contributed by atoms with Gasteiger partial charge in [0.25, 0.3) is 5.91 Å².